The Labute approximate surface area is 110 Å². The molecule has 0 bridgehead atoms. The predicted octanol–water partition coefficient (Wildman–Crippen LogP) is 4.16. The maximum Gasteiger partial charge on any atom is 0.224 e. The molecule has 1 aromatic rings. The number of nitrogens with one attached hydrogen (secondary N) is 1. The average Bonchev–Trinajstić information content (AvgIpc) is 2.84. The van der Waals surface area contributed by atoms with Crippen molar-refractivity contribution in [2.75, 3.05) is 5.32 Å². The monoisotopic (exact) mass is 245 g/mol. The lowest BCUT2D eigenvalue weighted by atomic mass is 10.0. The van der Waals surface area contributed by atoms with E-state index in [1.165, 1.54) is 31.2 Å². The Hall–Kier alpha value is -1.31. The van der Waals surface area contributed by atoms with E-state index in [1.54, 1.807) is 0 Å². The van der Waals surface area contributed by atoms with E-state index in [9.17, 15) is 4.79 Å². The van der Waals surface area contributed by atoms with Crippen LogP contribution in [-0.2, 0) is 11.2 Å². The van der Waals surface area contributed by atoms with Crippen molar-refractivity contribution in [1.82, 2.24) is 0 Å². The quantitative estimate of drug-likeness (QED) is 0.829. The second-order valence-electron chi connectivity index (χ2n) is 5.35. The number of amides is 1. The zero-order chi connectivity index (χ0) is 12.8. The van der Waals surface area contributed by atoms with E-state index in [0.717, 1.165) is 18.5 Å². The number of rotatable bonds is 5. The number of carbonyl (C=O) groups excluding carboxylic acids is 1. The molecule has 0 aromatic heterocycles. The highest BCUT2D eigenvalue weighted by molar-refractivity contribution is 5.90. The number of anilines is 1. The van der Waals surface area contributed by atoms with Crippen LogP contribution in [0.1, 0.15) is 51.0 Å². The first-order valence-corrected chi connectivity index (χ1v) is 7.16. The molecule has 0 saturated heterocycles. The molecule has 0 unspecified atom stereocenters. The highest BCUT2D eigenvalue weighted by Gasteiger charge is 2.18. The Morgan fingerprint density at radius 3 is 2.50 bits per heavy atom. The van der Waals surface area contributed by atoms with Gasteiger partial charge in [-0.15, -0.1) is 0 Å². The third-order valence-corrected chi connectivity index (χ3v) is 3.73. The van der Waals surface area contributed by atoms with Gasteiger partial charge in [-0.2, -0.15) is 0 Å². The van der Waals surface area contributed by atoms with Gasteiger partial charge in [0.25, 0.3) is 0 Å². The van der Waals surface area contributed by atoms with E-state index in [2.05, 4.69) is 24.4 Å². The number of aryl methyl sites for hydroxylation is 1. The molecule has 0 spiro atoms. The molecule has 2 nitrogen and oxygen atoms in total. The van der Waals surface area contributed by atoms with Gasteiger partial charge in [0, 0.05) is 12.1 Å². The molecule has 1 amide bonds. The Bertz CT molecular complexity index is 377. The second kappa shape index (κ2) is 6.58. The Balaban J connectivity index is 1.82. The molecule has 0 aliphatic heterocycles. The van der Waals surface area contributed by atoms with Crippen LogP contribution in [0.3, 0.4) is 0 Å². The summed E-state index contributed by atoms with van der Waals surface area (Å²) in [6, 6.07) is 8.23. The summed E-state index contributed by atoms with van der Waals surface area (Å²) in [7, 11) is 0. The molecule has 98 valence electrons. The fourth-order valence-electron chi connectivity index (χ4n) is 2.73. The summed E-state index contributed by atoms with van der Waals surface area (Å²) in [6.45, 7) is 2.18. The minimum absolute atomic E-state index is 0.171. The van der Waals surface area contributed by atoms with E-state index in [-0.39, 0.29) is 5.91 Å². The van der Waals surface area contributed by atoms with E-state index in [4.69, 9.17) is 0 Å². The molecule has 1 aromatic carbocycles. The standard InChI is InChI=1S/C16H23NO/c1-2-5-13-8-10-15(11-9-13)17-16(18)12-14-6-3-4-7-14/h8-11,14H,2-7,12H2,1H3,(H,17,18). The van der Waals surface area contributed by atoms with Crippen molar-refractivity contribution in [3.05, 3.63) is 29.8 Å². The first-order chi connectivity index (χ1) is 8.78. The molecule has 0 radical (unpaired) electrons. The van der Waals surface area contributed by atoms with Gasteiger partial charge >= 0.3 is 0 Å². The molecular formula is C16H23NO. The Morgan fingerprint density at radius 1 is 1.22 bits per heavy atom. The van der Waals surface area contributed by atoms with Crippen LogP contribution in [-0.4, -0.2) is 5.91 Å². The van der Waals surface area contributed by atoms with Crippen molar-refractivity contribution in [3.8, 4) is 0 Å². The molecule has 1 fully saturated rings. The van der Waals surface area contributed by atoms with Gasteiger partial charge in [-0.05, 0) is 42.9 Å². The van der Waals surface area contributed by atoms with Crippen molar-refractivity contribution in [2.24, 2.45) is 5.92 Å². The van der Waals surface area contributed by atoms with Crippen LogP contribution in [0.2, 0.25) is 0 Å². The first kappa shape index (κ1) is 13.1. The molecular weight excluding hydrogens is 222 g/mol. The van der Waals surface area contributed by atoms with Gasteiger partial charge in [0.05, 0.1) is 0 Å². The molecule has 18 heavy (non-hydrogen) atoms. The normalized spacial score (nSPS) is 15.8. The lowest BCUT2D eigenvalue weighted by molar-refractivity contribution is -0.117. The van der Waals surface area contributed by atoms with Crippen molar-refractivity contribution >= 4 is 11.6 Å². The maximum absolute atomic E-state index is 11.9. The van der Waals surface area contributed by atoms with Crippen LogP contribution >= 0.6 is 0 Å². The van der Waals surface area contributed by atoms with Gasteiger partial charge in [0.2, 0.25) is 5.91 Å². The van der Waals surface area contributed by atoms with Crippen molar-refractivity contribution in [1.29, 1.82) is 0 Å². The van der Waals surface area contributed by atoms with Crippen LogP contribution in [0.25, 0.3) is 0 Å². The molecule has 2 rings (SSSR count). The molecule has 0 atom stereocenters. The lowest BCUT2D eigenvalue weighted by Gasteiger charge is -2.10. The smallest absolute Gasteiger partial charge is 0.224 e. The number of hydrogen-bond donors (Lipinski definition) is 1. The molecule has 1 aliphatic carbocycles. The fourth-order valence-corrected chi connectivity index (χ4v) is 2.73. The van der Waals surface area contributed by atoms with Crippen molar-refractivity contribution in [2.45, 2.75) is 51.9 Å². The summed E-state index contributed by atoms with van der Waals surface area (Å²) in [4.78, 5) is 11.9. The van der Waals surface area contributed by atoms with Gasteiger partial charge in [0.15, 0.2) is 0 Å². The summed E-state index contributed by atoms with van der Waals surface area (Å²) in [6.07, 6.45) is 8.00. The van der Waals surface area contributed by atoms with Crippen molar-refractivity contribution in [3.63, 3.8) is 0 Å². The van der Waals surface area contributed by atoms with Crippen LogP contribution in [0.4, 0.5) is 5.69 Å². The van der Waals surface area contributed by atoms with Gasteiger partial charge in [-0.1, -0.05) is 38.3 Å². The van der Waals surface area contributed by atoms with Crippen LogP contribution in [0.15, 0.2) is 24.3 Å². The fraction of sp³-hybridized carbons (Fsp3) is 0.562. The summed E-state index contributed by atoms with van der Waals surface area (Å²) in [5.41, 5.74) is 2.27. The van der Waals surface area contributed by atoms with Crippen LogP contribution in [0.5, 0.6) is 0 Å². The van der Waals surface area contributed by atoms with E-state index in [0.29, 0.717) is 12.3 Å². The minimum Gasteiger partial charge on any atom is -0.326 e. The summed E-state index contributed by atoms with van der Waals surface area (Å²) < 4.78 is 0. The van der Waals surface area contributed by atoms with E-state index >= 15 is 0 Å². The van der Waals surface area contributed by atoms with E-state index in [1.807, 2.05) is 12.1 Å². The molecule has 0 heterocycles. The summed E-state index contributed by atoms with van der Waals surface area (Å²) in [5.74, 6) is 0.787. The zero-order valence-corrected chi connectivity index (χ0v) is 11.2. The maximum atomic E-state index is 11.9. The lowest BCUT2D eigenvalue weighted by Crippen LogP contribution is -2.15. The first-order valence-electron chi connectivity index (χ1n) is 7.16. The molecule has 2 heteroatoms. The van der Waals surface area contributed by atoms with Crippen LogP contribution in [0, 0.1) is 5.92 Å². The number of benzene rings is 1. The van der Waals surface area contributed by atoms with Crippen molar-refractivity contribution < 1.29 is 4.79 Å². The number of hydrogen-bond acceptors (Lipinski definition) is 1. The molecule has 1 N–H and O–H groups in total. The average molecular weight is 245 g/mol. The Kier molecular flexibility index (Phi) is 4.80. The molecule has 1 aliphatic rings. The number of carbonyl (C=O) groups is 1. The molecule has 1 saturated carbocycles. The summed E-state index contributed by atoms with van der Waals surface area (Å²) >= 11 is 0. The summed E-state index contributed by atoms with van der Waals surface area (Å²) in [5, 5.41) is 3.00. The third-order valence-electron chi connectivity index (χ3n) is 3.73. The zero-order valence-electron chi connectivity index (χ0n) is 11.2. The second-order valence-corrected chi connectivity index (χ2v) is 5.35. The van der Waals surface area contributed by atoms with Gasteiger partial charge in [-0.25, -0.2) is 0 Å². The topological polar surface area (TPSA) is 29.1 Å². The van der Waals surface area contributed by atoms with Gasteiger partial charge < -0.3 is 5.32 Å². The van der Waals surface area contributed by atoms with Gasteiger partial charge in [-0.3, -0.25) is 4.79 Å². The largest absolute Gasteiger partial charge is 0.326 e. The third kappa shape index (κ3) is 3.86. The van der Waals surface area contributed by atoms with Crippen LogP contribution < -0.4 is 5.32 Å². The van der Waals surface area contributed by atoms with Gasteiger partial charge in [0.1, 0.15) is 0 Å². The highest BCUT2D eigenvalue weighted by atomic mass is 16.1. The SMILES string of the molecule is CCCc1ccc(NC(=O)CC2CCCC2)cc1. The van der Waals surface area contributed by atoms with E-state index < -0.39 is 0 Å². The minimum atomic E-state index is 0.171. The Morgan fingerprint density at radius 2 is 1.89 bits per heavy atom. The predicted molar refractivity (Wildman–Crippen MR) is 75.6 cm³/mol. The highest BCUT2D eigenvalue weighted by Crippen LogP contribution is 2.27.